The Morgan fingerprint density at radius 1 is 0.860 bits per heavy atom. The number of hydrogen-bond acceptors (Lipinski definition) is 13. The summed E-state index contributed by atoms with van der Waals surface area (Å²) in [5.74, 6) is 1.53. The van der Waals surface area contributed by atoms with Gasteiger partial charge in [-0.3, -0.25) is 24.1 Å². The van der Waals surface area contributed by atoms with Gasteiger partial charge in [0.15, 0.2) is 0 Å². The summed E-state index contributed by atoms with van der Waals surface area (Å²) in [7, 11) is 4.85. The zero-order valence-corrected chi connectivity index (χ0v) is 50.2. The molecule has 8 rings (SSSR count). The smallest absolute Gasteiger partial charge is 0.266 e. The van der Waals surface area contributed by atoms with Crippen LogP contribution in [0.2, 0.25) is 0 Å². The molecule has 4 amide bonds. The van der Waals surface area contributed by atoms with Crippen LogP contribution in [0.4, 0.5) is 19.0 Å². The lowest BCUT2D eigenvalue weighted by Crippen LogP contribution is -2.52. The average Bonchev–Trinajstić information content (AvgIpc) is 4.19. The molecule has 3 fully saturated rings. The van der Waals surface area contributed by atoms with Gasteiger partial charge >= 0.3 is 0 Å². The maximum atomic E-state index is 13.7. The molecular formula is C65H87F3N10O8. The fraction of sp³-hybridized carbons (Fsp3) is 0.508. The monoisotopic (exact) mass is 1190 g/mol. The van der Waals surface area contributed by atoms with Crippen molar-refractivity contribution in [2.45, 2.75) is 108 Å². The van der Waals surface area contributed by atoms with Crippen molar-refractivity contribution in [1.29, 1.82) is 5.26 Å². The highest BCUT2D eigenvalue weighted by atomic mass is 19.3. The van der Waals surface area contributed by atoms with E-state index >= 15 is 0 Å². The van der Waals surface area contributed by atoms with Crippen LogP contribution in [-0.2, 0) is 28.8 Å². The van der Waals surface area contributed by atoms with Crippen LogP contribution in [0.1, 0.15) is 112 Å². The van der Waals surface area contributed by atoms with Crippen LogP contribution in [0.3, 0.4) is 0 Å². The predicted molar refractivity (Wildman–Crippen MR) is 327 cm³/mol. The number of nitriles is 1. The molecule has 6 N–H and O–H groups in total. The third-order valence-electron chi connectivity index (χ3n) is 16.6. The van der Waals surface area contributed by atoms with Crippen molar-refractivity contribution in [2.75, 3.05) is 91.6 Å². The van der Waals surface area contributed by atoms with Crippen LogP contribution in [0, 0.1) is 34.9 Å². The number of nitrogens with zero attached hydrogens (tertiary/aromatic N) is 5. The minimum absolute atomic E-state index is 0.000545. The first kappa shape index (κ1) is 69.1. The number of fused-ring (bicyclic) bond motifs is 1. The molecule has 0 spiro atoms. The normalized spacial score (nSPS) is 17.5. The van der Waals surface area contributed by atoms with Crippen molar-refractivity contribution in [2.24, 2.45) is 17.8 Å². The van der Waals surface area contributed by atoms with Crippen LogP contribution < -0.4 is 30.9 Å². The Bertz CT molecular complexity index is 2900. The first-order valence-electron chi connectivity index (χ1n) is 29.9. The molecule has 1 aliphatic carbocycles. The second kappa shape index (κ2) is 36.4. The maximum Gasteiger partial charge on any atom is 0.266 e. The lowest BCUT2D eigenvalue weighted by atomic mass is 9.81. The van der Waals surface area contributed by atoms with E-state index in [0.717, 1.165) is 112 Å². The first-order valence-corrected chi connectivity index (χ1v) is 29.9. The van der Waals surface area contributed by atoms with Gasteiger partial charge < -0.3 is 55.5 Å². The number of anilines is 1. The van der Waals surface area contributed by atoms with Gasteiger partial charge in [0.2, 0.25) is 24.1 Å². The number of amides is 4. The number of aliphatic hydroxyl groups is 1. The van der Waals surface area contributed by atoms with Gasteiger partial charge in [0.05, 0.1) is 24.1 Å². The summed E-state index contributed by atoms with van der Waals surface area (Å²) >= 11 is 0. The Balaban J connectivity index is 0.000000464. The molecule has 3 unspecified atom stereocenters. The van der Waals surface area contributed by atoms with Gasteiger partial charge in [-0.15, -0.1) is 0 Å². The van der Waals surface area contributed by atoms with Crippen molar-refractivity contribution >= 4 is 53.9 Å². The van der Waals surface area contributed by atoms with Gasteiger partial charge in [0, 0.05) is 107 Å². The number of hydrogen-bond donors (Lipinski definition) is 6. The zero-order chi connectivity index (χ0) is 62.4. The molecule has 0 bridgehead atoms. The second-order valence-electron chi connectivity index (χ2n) is 22.0. The zero-order valence-electron chi connectivity index (χ0n) is 50.2. The maximum absolute atomic E-state index is 13.7. The fourth-order valence-corrected chi connectivity index (χ4v) is 11.5. The summed E-state index contributed by atoms with van der Waals surface area (Å²) in [6, 6.07) is 27.5. The van der Waals surface area contributed by atoms with E-state index < -0.39 is 12.0 Å². The van der Waals surface area contributed by atoms with E-state index in [1.807, 2.05) is 73.2 Å². The number of ether oxygens (including phenoxy) is 1. The van der Waals surface area contributed by atoms with Gasteiger partial charge in [-0.1, -0.05) is 43.3 Å². The minimum Gasteiger partial charge on any atom is -0.492 e. The molecule has 3 aromatic carbocycles. The minimum atomic E-state index is -2.80. The highest BCUT2D eigenvalue weighted by molar-refractivity contribution is 5.90. The molecule has 3 aliphatic rings. The van der Waals surface area contributed by atoms with Crippen LogP contribution >= 0.6 is 0 Å². The van der Waals surface area contributed by atoms with E-state index in [4.69, 9.17) is 19.6 Å². The number of aldehydes is 1. The molecule has 86 heavy (non-hydrogen) atoms. The van der Waals surface area contributed by atoms with E-state index in [9.17, 15) is 37.5 Å². The van der Waals surface area contributed by atoms with Crippen molar-refractivity contribution < 1.29 is 51.8 Å². The van der Waals surface area contributed by atoms with E-state index in [-0.39, 0.29) is 60.1 Å². The number of rotatable bonds is 25. The van der Waals surface area contributed by atoms with Crippen LogP contribution in [-0.4, -0.2) is 161 Å². The van der Waals surface area contributed by atoms with Crippen molar-refractivity contribution in [1.82, 2.24) is 41.0 Å². The number of piperidine rings is 1. The fourth-order valence-electron chi connectivity index (χ4n) is 11.5. The summed E-state index contributed by atoms with van der Waals surface area (Å²) in [6.45, 7) is 11.1. The number of aromatic nitrogens is 2. The molecule has 2 saturated heterocycles. The van der Waals surface area contributed by atoms with Crippen molar-refractivity contribution in [3.8, 4) is 23.1 Å². The van der Waals surface area contributed by atoms with Crippen LogP contribution in [0.5, 0.6) is 5.75 Å². The molecule has 2 aromatic heterocycles. The van der Waals surface area contributed by atoms with Crippen molar-refractivity contribution in [3.63, 3.8) is 0 Å². The summed E-state index contributed by atoms with van der Waals surface area (Å²) < 4.78 is 46.8. The third kappa shape index (κ3) is 20.2. The predicted octanol–water partition coefficient (Wildman–Crippen LogP) is 8.15. The summed E-state index contributed by atoms with van der Waals surface area (Å²) in [6.07, 6.45) is 7.46. The average molecular weight is 1190 g/mol. The number of benzene rings is 3. The number of likely N-dealkylation sites (N-methyl/N-ethyl adjacent to an activating group) is 1. The Hall–Kier alpha value is -7.67. The van der Waals surface area contributed by atoms with Crippen LogP contribution in [0.15, 0.2) is 91.1 Å². The molecule has 4 heterocycles. The molecule has 466 valence electrons. The second-order valence-corrected chi connectivity index (χ2v) is 22.0. The molecule has 21 heteroatoms. The summed E-state index contributed by atoms with van der Waals surface area (Å²) in [5.41, 5.74) is 2.46. The summed E-state index contributed by atoms with van der Waals surface area (Å²) in [4.78, 5) is 81.5. The highest BCUT2D eigenvalue weighted by Crippen LogP contribution is 2.35. The molecule has 18 nitrogen and oxygen atoms in total. The number of halogens is 3. The SMILES string of the molecule is C=O.CCC(CCC(O)(CCNC)C(F)F)c1ccc(OCCNC(=O)C2CCC(C(=O)N3CCN(CC4CCN(c5ccc(C(CCC=O)C(=O)NC)cn5)CC4)CC3)CC2)cc1.CNC=O.N#Cc1cccc2[nH]c(-c3ccccc3F)cc12. The first-order chi connectivity index (χ1) is 41.7. The molecule has 2 aliphatic heterocycles. The number of carbonyl (C=O) groups is 6. The molecule has 0 radical (unpaired) electrons. The van der Waals surface area contributed by atoms with E-state index in [1.54, 1.807) is 51.6 Å². The molecule has 5 aromatic rings. The molecular weight excluding hydrogens is 1110 g/mol. The number of aromatic amines is 1. The Kier molecular flexibility index (Phi) is 29.2. The summed E-state index contributed by atoms with van der Waals surface area (Å²) in [5, 5.41) is 31.2. The molecule has 1 saturated carbocycles. The van der Waals surface area contributed by atoms with Gasteiger partial charge in [-0.05, 0) is 156 Å². The van der Waals surface area contributed by atoms with Crippen LogP contribution in [0.25, 0.3) is 22.2 Å². The molecule has 3 atom stereocenters. The topological polar surface area (TPSA) is 242 Å². The van der Waals surface area contributed by atoms with E-state index in [0.29, 0.717) is 86.7 Å². The Morgan fingerprint density at radius 2 is 1.53 bits per heavy atom. The van der Waals surface area contributed by atoms with Gasteiger partial charge in [0.1, 0.15) is 42.7 Å². The number of H-pyrrole nitrogens is 1. The number of alkyl halides is 2. The highest BCUT2D eigenvalue weighted by Gasteiger charge is 2.38. The lowest BCUT2D eigenvalue weighted by Gasteiger charge is -2.40. The number of pyridine rings is 1. The van der Waals surface area contributed by atoms with Crippen molar-refractivity contribution in [3.05, 3.63) is 114 Å². The Labute approximate surface area is 504 Å². The van der Waals surface area contributed by atoms with E-state index in [2.05, 4.69) is 47.1 Å². The standard InChI is InChI=1S/C47H71F2N7O6.C15H9FN2.C2H5NO.CH2O/c1-4-35(17-20-47(61,46(48)49)21-22-50-2)36-11-14-40(15-12-36)62-31-23-52-43(58)37-7-9-38(10-8-37)45(60)56-28-26-54(27-29-56)33-34-18-24-55(25-19-34)42-16-13-39(32-53-42)41(6-5-30-57)44(59)51-3;16-13-6-2-1-5-11(13)15-8-12-10(9-17)4-3-7-14(12)18-15;1-3-2-4;1-2/h11-16,30,32,34-35,37-38,41,46,50,61H,4-10,17-29,31,33H2,1-3H3,(H,51,59)(H,52,58);1-8,18H;2H,1H3,(H,3,4);1H2. The van der Waals surface area contributed by atoms with Gasteiger partial charge in [0.25, 0.3) is 6.43 Å². The lowest BCUT2D eigenvalue weighted by molar-refractivity contribution is -0.140. The van der Waals surface area contributed by atoms with Gasteiger partial charge in [-0.25, -0.2) is 18.2 Å². The Morgan fingerprint density at radius 3 is 2.13 bits per heavy atom. The largest absolute Gasteiger partial charge is 0.492 e. The van der Waals surface area contributed by atoms with Gasteiger partial charge in [-0.2, -0.15) is 5.26 Å². The quantitative estimate of drug-likeness (QED) is 0.0239. The number of carbonyl (C=O) groups excluding carboxylic acids is 6. The van der Waals surface area contributed by atoms with E-state index in [1.165, 1.54) is 6.07 Å². The number of nitrogens with one attached hydrogen (secondary N) is 5. The number of piperazine rings is 1. The third-order valence-corrected chi connectivity index (χ3v) is 16.6.